The molecule has 0 amide bonds. The Morgan fingerprint density at radius 3 is 2.33 bits per heavy atom. The Morgan fingerprint density at radius 2 is 1.72 bits per heavy atom. The van der Waals surface area contributed by atoms with Crippen molar-refractivity contribution < 1.29 is 12.6 Å². The lowest BCUT2D eigenvalue weighted by molar-refractivity contribution is 0.487. The molecule has 0 spiro atoms. The molecule has 0 aliphatic heterocycles. The van der Waals surface area contributed by atoms with Gasteiger partial charge >= 0.3 is 10.1 Å². The molecule has 0 radical (unpaired) electrons. The van der Waals surface area contributed by atoms with E-state index in [4.69, 9.17) is 9.92 Å². The Bertz CT molecular complexity index is 651. The van der Waals surface area contributed by atoms with Crippen LogP contribution in [0.3, 0.4) is 0 Å². The maximum absolute atomic E-state index is 12.0. The fourth-order valence-corrected chi connectivity index (χ4v) is 2.47. The number of rotatable bonds is 3. The van der Waals surface area contributed by atoms with Gasteiger partial charge in [0.25, 0.3) is 0 Å². The predicted molar refractivity (Wildman–Crippen MR) is 69.8 cm³/mol. The second kappa shape index (κ2) is 4.70. The third-order valence-electron chi connectivity index (χ3n) is 2.40. The number of hydrogen-bond donors (Lipinski definition) is 1. The van der Waals surface area contributed by atoms with Gasteiger partial charge in [-0.25, -0.2) is 0 Å². The predicted octanol–water partition coefficient (Wildman–Crippen LogP) is 2.34. The molecule has 2 aromatic rings. The van der Waals surface area contributed by atoms with E-state index in [9.17, 15) is 8.42 Å². The minimum atomic E-state index is -3.83. The summed E-state index contributed by atoms with van der Waals surface area (Å²) in [5.74, 6) is 0.143. The maximum atomic E-state index is 12.0. The lowest BCUT2D eigenvalue weighted by Gasteiger charge is -2.09. The highest BCUT2D eigenvalue weighted by Crippen LogP contribution is 2.25. The second-order valence-corrected chi connectivity index (χ2v) is 5.44. The van der Waals surface area contributed by atoms with E-state index in [0.29, 0.717) is 5.69 Å². The van der Waals surface area contributed by atoms with E-state index >= 15 is 0 Å². The maximum Gasteiger partial charge on any atom is 0.339 e. The third-order valence-corrected chi connectivity index (χ3v) is 3.65. The normalized spacial score (nSPS) is 11.2. The van der Waals surface area contributed by atoms with Crippen LogP contribution in [0.1, 0.15) is 5.56 Å². The fraction of sp³-hybridized carbons (Fsp3) is 0.0769. The molecule has 0 saturated carbocycles. The molecular weight excluding hydrogens is 250 g/mol. The summed E-state index contributed by atoms with van der Waals surface area (Å²) in [7, 11) is -3.83. The molecular formula is C13H13NO3S. The zero-order valence-corrected chi connectivity index (χ0v) is 10.6. The molecule has 0 bridgehead atoms. The van der Waals surface area contributed by atoms with Gasteiger partial charge in [-0.05, 0) is 36.8 Å². The largest absolute Gasteiger partial charge is 0.396 e. The van der Waals surface area contributed by atoms with Gasteiger partial charge in [0.15, 0.2) is 5.75 Å². The van der Waals surface area contributed by atoms with Crippen molar-refractivity contribution in [2.75, 3.05) is 5.73 Å². The second-order valence-electron chi connectivity index (χ2n) is 3.89. The molecule has 0 fully saturated rings. The van der Waals surface area contributed by atoms with Crippen LogP contribution >= 0.6 is 0 Å². The van der Waals surface area contributed by atoms with Gasteiger partial charge < -0.3 is 9.92 Å². The van der Waals surface area contributed by atoms with Crippen LogP contribution in [0.5, 0.6) is 5.75 Å². The summed E-state index contributed by atoms with van der Waals surface area (Å²) < 4.78 is 28.9. The number of benzene rings is 2. The van der Waals surface area contributed by atoms with E-state index in [2.05, 4.69) is 0 Å². The van der Waals surface area contributed by atoms with E-state index in [0.717, 1.165) is 5.56 Å². The van der Waals surface area contributed by atoms with Gasteiger partial charge in [-0.1, -0.05) is 24.3 Å². The first kappa shape index (κ1) is 12.4. The van der Waals surface area contributed by atoms with Crippen molar-refractivity contribution in [1.29, 1.82) is 0 Å². The highest BCUT2D eigenvalue weighted by Gasteiger charge is 2.17. The molecule has 0 unspecified atom stereocenters. The summed E-state index contributed by atoms with van der Waals surface area (Å²) in [5, 5.41) is 0. The number of aryl methyl sites for hydroxylation is 1. The van der Waals surface area contributed by atoms with Crippen LogP contribution in [0.4, 0.5) is 5.69 Å². The summed E-state index contributed by atoms with van der Waals surface area (Å²) in [6, 6.07) is 12.9. The fourth-order valence-electron chi connectivity index (χ4n) is 1.50. The van der Waals surface area contributed by atoms with Gasteiger partial charge in [0.05, 0.1) is 5.69 Å². The molecule has 0 heterocycles. The summed E-state index contributed by atoms with van der Waals surface area (Å²) >= 11 is 0. The van der Waals surface area contributed by atoms with Crippen LogP contribution in [0, 0.1) is 6.92 Å². The lowest BCUT2D eigenvalue weighted by atomic mass is 10.2. The highest BCUT2D eigenvalue weighted by molar-refractivity contribution is 7.87. The molecule has 4 nitrogen and oxygen atoms in total. The first-order chi connectivity index (χ1) is 8.49. The van der Waals surface area contributed by atoms with E-state index in [-0.39, 0.29) is 10.6 Å². The average molecular weight is 263 g/mol. The van der Waals surface area contributed by atoms with Crippen LogP contribution in [-0.2, 0) is 10.1 Å². The van der Waals surface area contributed by atoms with Crippen LogP contribution < -0.4 is 9.92 Å². The Labute approximate surface area is 106 Å². The van der Waals surface area contributed by atoms with Crippen LogP contribution in [0.2, 0.25) is 0 Å². The Morgan fingerprint density at radius 1 is 1.06 bits per heavy atom. The number of nitrogen functional groups attached to an aromatic ring is 1. The zero-order chi connectivity index (χ0) is 13.2. The third kappa shape index (κ3) is 2.62. The molecule has 2 rings (SSSR count). The molecule has 2 N–H and O–H groups in total. The van der Waals surface area contributed by atoms with Crippen LogP contribution in [0.15, 0.2) is 53.4 Å². The Kier molecular flexibility index (Phi) is 3.25. The summed E-state index contributed by atoms with van der Waals surface area (Å²) in [5.41, 5.74) is 6.96. The van der Waals surface area contributed by atoms with Crippen molar-refractivity contribution >= 4 is 15.8 Å². The molecule has 0 saturated heterocycles. The standard InChI is InChI=1S/C13H13NO3S/c1-10-7-8-13(12(14)9-10)17-18(15,16)11-5-3-2-4-6-11/h2-9H,14H2,1H3. The SMILES string of the molecule is Cc1ccc(OS(=O)(=O)c2ccccc2)c(N)c1. The summed E-state index contributed by atoms with van der Waals surface area (Å²) in [6.45, 7) is 1.87. The molecule has 5 heteroatoms. The molecule has 18 heavy (non-hydrogen) atoms. The number of hydrogen-bond acceptors (Lipinski definition) is 4. The molecule has 2 aromatic carbocycles. The van der Waals surface area contributed by atoms with Gasteiger partial charge in [0.1, 0.15) is 4.90 Å². The zero-order valence-electron chi connectivity index (χ0n) is 9.83. The van der Waals surface area contributed by atoms with Gasteiger partial charge in [-0.2, -0.15) is 8.42 Å². The van der Waals surface area contributed by atoms with Crippen molar-refractivity contribution in [3.8, 4) is 5.75 Å². The van der Waals surface area contributed by atoms with Crippen LogP contribution in [-0.4, -0.2) is 8.42 Å². The first-order valence-electron chi connectivity index (χ1n) is 5.35. The van der Waals surface area contributed by atoms with E-state index < -0.39 is 10.1 Å². The van der Waals surface area contributed by atoms with Crippen molar-refractivity contribution in [3.63, 3.8) is 0 Å². The molecule has 0 atom stereocenters. The Hall–Kier alpha value is -2.01. The van der Waals surface area contributed by atoms with Crippen molar-refractivity contribution in [1.82, 2.24) is 0 Å². The minimum absolute atomic E-state index is 0.102. The van der Waals surface area contributed by atoms with Crippen molar-refractivity contribution in [3.05, 3.63) is 54.1 Å². The van der Waals surface area contributed by atoms with E-state index in [1.165, 1.54) is 12.1 Å². The van der Waals surface area contributed by atoms with Gasteiger partial charge in [-0.15, -0.1) is 0 Å². The lowest BCUT2D eigenvalue weighted by Crippen LogP contribution is -2.10. The van der Waals surface area contributed by atoms with Crippen molar-refractivity contribution in [2.24, 2.45) is 0 Å². The Balaban J connectivity index is 2.34. The first-order valence-corrected chi connectivity index (χ1v) is 6.75. The van der Waals surface area contributed by atoms with E-state index in [1.54, 1.807) is 36.4 Å². The number of anilines is 1. The van der Waals surface area contributed by atoms with Gasteiger partial charge in [0.2, 0.25) is 0 Å². The monoisotopic (exact) mass is 263 g/mol. The smallest absolute Gasteiger partial charge is 0.339 e. The topological polar surface area (TPSA) is 69.4 Å². The van der Waals surface area contributed by atoms with Crippen molar-refractivity contribution in [2.45, 2.75) is 11.8 Å². The quantitative estimate of drug-likeness (QED) is 0.681. The summed E-state index contributed by atoms with van der Waals surface area (Å²) in [6.07, 6.45) is 0. The van der Waals surface area contributed by atoms with Crippen LogP contribution in [0.25, 0.3) is 0 Å². The summed E-state index contributed by atoms with van der Waals surface area (Å²) in [4.78, 5) is 0.102. The van der Waals surface area contributed by atoms with Gasteiger partial charge in [0, 0.05) is 0 Å². The molecule has 0 aromatic heterocycles. The highest BCUT2D eigenvalue weighted by atomic mass is 32.2. The average Bonchev–Trinajstić information content (AvgIpc) is 2.34. The molecule has 0 aliphatic carbocycles. The number of nitrogens with two attached hydrogens (primary N) is 1. The minimum Gasteiger partial charge on any atom is -0.396 e. The van der Waals surface area contributed by atoms with Gasteiger partial charge in [-0.3, -0.25) is 0 Å². The van der Waals surface area contributed by atoms with E-state index in [1.807, 2.05) is 6.92 Å². The molecule has 94 valence electrons. The molecule has 0 aliphatic rings.